The maximum absolute atomic E-state index is 11.4. The van der Waals surface area contributed by atoms with E-state index in [1.807, 2.05) is 6.92 Å². The highest BCUT2D eigenvalue weighted by Gasteiger charge is 2.10. The van der Waals surface area contributed by atoms with E-state index in [1.165, 1.54) is 0 Å². The van der Waals surface area contributed by atoms with Crippen LogP contribution in [0, 0.1) is 0 Å². The number of hydrogen-bond acceptors (Lipinski definition) is 3. The van der Waals surface area contributed by atoms with Gasteiger partial charge in [0.05, 0.1) is 6.61 Å². The quantitative estimate of drug-likeness (QED) is 0.639. The molecule has 0 radical (unpaired) electrons. The van der Waals surface area contributed by atoms with Crippen molar-refractivity contribution in [1.29, 1.82) is 0 Å². The molecule has 0 aromatic rings. The molecule has 0 saturated heterocycles. The van der Waals surface area contributed by atoms with Crippen molar-refractivity contribution in [1.82, 2.24) is 5.32 Å². The number of nitrogens with one attached hydrogen (secondary N) is 1. The average Bonchev–Trinajstić information content (AvgIpc) is 2.05. The average molecular weight is 207 g/mol. The maximum Gasteiger partial charge on any atom is 0.0624 e. The molecule has 0 aromatic heterocycles. The van der Waals surface area contributed by atoms with Crippen molar-refractivity contribution in [2.45, 2.75) is 26.3 Å². The van der Waals surface area contributed by atoms with Gasteiger partial charge in [0.25, 0.3) is 0 Å². The van der Waals surface area contributed by atoms with Crippen molar-refractivity contribution in [3.05, 3.63) is 0 Å². The molecule has 1 N–H and O–H groups in total. The second-order valence-electron chi connectivity index (χ2n) is 3.02. The van der Waals surface area contributed by atoms with E-state index in [-0.39, 0.29) is 6.04 Å². The van der Waals surface area contributed by atoms with Crippen molar-refractivity contribution in [2.75, 3.05) is 31.8 Å². The molecule has 0 amide bonds. The Hall–Kier alpha value is 0.0700. The van der Waals surface area contributed by atoms with Crippen LogP contribution >= 0.6 is 0 Å². The molecule has 0 aliphatic carbocycles. The summed E-state index contributed by atoms with van der Waals surface area (Å²) in [5.41, 5.74) is 0. The largest absolute Gasteiger partial charge is 0.383 e. The smallest absolute Gasteiger partial charge is 0.0624 e. The van der Waals surface area contributed by atoms with Gasteiger partial charge in [-0.2, -0.15) is 0 Å². The van der Waals surface area contributed by atoms with Crippen LogP contribution in [0.1, 0.15) is 20.3 Å². The molecule has 13 heavy (non-hydrogen) atoms. The Morgan fingerprint density at radius 3 is 2.62 bits per heavy atom. The maximum atomic E-state index is 11.4. The Morgan fingerprint density at radius 2 is 2.15 bits per heavy atom. The van der Waals surface area contributed by atoms with Gasteiger partial charge in [-0.05, 0) is 13.0 Å². The van der Waals surface area contributed by atoms with Gasteiger partial charge in [0.2, 0.25) is 0 Å². The standard InChI is InChI=1S/C9H21NO2S/c1-4-6-13(11)8-9(7-12-3)10-5-2/h9-10H,4-8H2,1-3H3. The van der Waals surface area contributed by atoms with Crippen molar-refractivity contribution >= 4 is 10.8 Å². The van der Waals surface area contributed by atoms with Crippen LogP contribution < -0.4 is 5.32 Å². The number of hydrogen-bond donors (Lipinski definition) is 1. The van der Waals surface area contributed by atoms with Crippen LogP contribution in [-0.4, -0.2) is 42.0 Å². The molecule has 0 aliphatic heterocycles. The third-order valence-corrected chi connectivity index (χ3v) is 3.32. The first-order valence-electron chi connectivity index (χ1n) is 4.81. The second-order valence-corrected chi connectivity index (χ2v) is 4.64. The van der Waals surface area contributed by atoms with Gasteiger partial charge in [-0.1, -0.05) is 13.8 Å². The van der Waals surface area contributed by atoms with Crippen LogP contribution in [0.3, 0.4) is 0 Å². The van der Waals surface area contributed by atoms with Crippen LogP contribution in [0.25, 0.3) is 0 Å². The first-order chi connectivity index (χ1) is 6.24. The van der Waals surface area contributed by atoms with E-state index in [4.69, 9.17) is 4.74 Å². The van der Waals surface area contributed by atoms with Gasteiger partial charge in [0.1, 0.15) is 0 Å². The summed E-state index contributed by atoms with van der Waals surface area (Å²) in [7, 11) is 0.978. The summed E-state index contributed by atoms with van der Waals surface area (Å²) in [5.74, 6) is 1.50. The fraction of sp³-hybridized carbons (Fsp3) is 1.00. The van der Waals surface area contributed by atoms with Crippen LogP contribution in [0.2, 0.25) is 0 Å². The third-order valence-electron chi connectivity index (χ3n) is 1.68. The molecule has 0 aromatic carbocycles. The van der Waals surface area contributed by atoms with E-state index in [9.17, 15) is 4.21 Å². The van der Waals surface area contributed by atoms with Gasteiger partial charge < -0.3 is 10.1 Å². The molecule has 3 nitrogen and oxygen atoms in total. The third kappa shape index (κ3) is 7.16. The Morgan fingerprint density at radius 1 is 1.46 bits per heavy atom. The first-order valence-corrected chi connectivity index (χ1v) is 6.30. The highest BCUT2D eigenvalue weighted by molar-refractivity contribution is 7.85. The molecule has 80 valence electrons. The fourth-order valence-corrected chi connectivity index (χ4v) is 2.48. The number of rotatable bonds is 8. The van der Waals surface area contributed by atoms with Crippen LogP contribution in [0.4, 0.5) is 0 Å². The minimum Gasteiger partial charge on any atom is -0.383 e. The summed E-state index contributed by atoms with van der Waals surface area (Å²) < 4.78 is 16.5. The SMILES string of the molecule is CCCS(=O)CC(COC)NCC. The van der Waals surface area contributed by atoms with E-state index in [0.717, 1.165) is 18.7 Å². The molecule has 0 bridgehead atoms. The second kappa shape index (κ2) is 8.66. The van der Waals surface area contributed by atoms with Gasteiger partial charge in [-0.25, -0.2) is 0 Å². The monoisotopic (exact) mass is 207 g/mol. The highest BCUT2D eigenvalue weighted by Crippen LogP contribution is 1.93. The first kappa shape index (κ1) is 13.1. The molecule has 0 heterocycles. The van der Waals surface area contributed by atoms with E-state index < -0.39 is 10.8 Å². The van der Waals surface area contributed by atoms with E-state index >= 15 is 0 Å². The molecule has 0 spiro atoms. The minimum absolute atomic E-state index is 0.238. The van der Waals surface area contributed by atoms with E-state index in [2.05, 4.69) is 12.2 Å². The molecule has 0 saturated carbocycles. The Labute approximate surface area is 83.7 Å². The van der Waals surface area contributed by atoms with Gasteiger partial charge in [0.15, 0.2) is 0 Å². The van der Waals surface area contributed by atoms with Crippen molar-refractivity contribution in [3.63, 3.8) is 0 Å². The molecule has 0 aliphatic rings. The lowest BCUT2D eigenvalue weighted by Gasteiger charge is -2.15. The fourth-order valence-electron chi connectivity index (χ4n) is 1.19. The van der Waals surface area contributed by atoms with Crippen LogP contribution in [0.15, 0.2) is 0 Å². The van der Waals surface area contributed by atoms with E-state index in [1.54, 1.807) is 7.11 Å². The molecule has 0 fully saturated rings. The molecular formula is C9H21NO2S. The lowest BCUT2D eigenvalue weighted by Crippen LogP contribution is -2.38. The number of likely N-dealkylation sites (N-methyl/N-ethyl adjacent to an activating group) is 1. The van der Waals surface area contributed by atoms with Gasteiger partial charge in [-0.15, -0.1) is 0 Å². The summed E-state index contributed by atoms with van der Waals surface area (Å²) >= 11 is 0. The normalized spacial score (nSPS) is 15.6. The summed E-state index contributed by atoms with van der Waals surface area (Å²) in [4.78, 5) is 0. The Bertz CT molecular complexity index is 136. The molecule has 4 heteroatoms. The van der Waals surface area contributed by atoms with Crippen molar-refractivity contribution in [3.8, 4) is 0 Å². The van der Waals surface area contributed by atoms with Crippen molar-refractivity contribution < 1.29 is 8.95 Å². The molecular weight excluding hydrogens is 186 g/mol. The number of methoxy groups -OCH3 is 1. The molecule has 0 rings (SSSR count). The summed E-state index contributed by atoms with van der Waals surface area (Å²) in [6, 6.07) is 0.238. The van der Waals surface area contributed by atoms with Crippen LogP contribution in [-0.2, 0) is 15.5 Å². The Kier molecular flexibility index (Phi) is 8.71. The van der Waals surface area contributed by atoms with Gasteiger partial charge in [0, 0.05) is 35.5 Å². The van der Waals surface area contributed by atoms with Crippen molar-refractivity contribution in [2.24, 2.45) is 0 Å². The zero-order chi connectivity index (χ0) is 10.1. The summed E-state index contributed by atoms with van der Waals surface area (Å²) in [6.45, 7) is 5.64. The molecule has 2 unspecified atom stereocenters. The Balaban J connectivity index is 3.71. The molecule has 2 atom stereocenters. The lowest BCUT2D eigenvalue weighted by atomic mass is 10.3. The van der Waals surface area contributed by atoms with Gasteiger partial charge >= 0.3 is 0 Å². The number of ether oxygens (including phenoxy) is 1. The zero-order valence-electron chi connectivity index (χ0n) is 8.84. The highest BCUT2D eigenvalue weighted by atomic mass is 32.2. The lowest BCUT2D eigenvalue weighted by molar-refractivity contribution is 0.174. The van der Waals surface area contributed by atoms with E-state index in [0.29, 0.717) is 12.4 Å². The van der Waals surface area contributed by atoms with Gasteiger partial charge in [-0.3, -0.25) is 4.21 Å². The summed E-state index contributed by atoms with van der Waals surface area (Å²) in [5, 5.41) is 3.25. The summed E-state index contributed by atoms with van der Waals surface area (Å²) in [6.07, 6.45) is 0.985. The predicted molar refractivity (Wildman–Crippen MR) is 57.5 cm³/mol. The minimum atomic E-state index is -0.696. The topological polar surface area (TPSA) is 38.3 Å². The van der Waals surface area contributed by atoms with Crippen LogP contribution in [0.5, 0.6) is 0 Å². The predicted octanol–water partition coefficient (Wildman–Crippen LogP) is 0.770. The zero-order valence-corrected chi connectivity index (χ0v) is 9.65.